The molecular weight excluding hydrogens is 574 g/mol. The number of rotatable bonds is 5. The molecule has 0 spiro atoms. The smallest absolute Gasteiger partial charge is 0.0666 e. The second-order valence-corrected chi connectivity index (χ2v) is 19.3. The van der Waals surface area contributed by atoms with Gasteiger partial charge < -0.3 is 4.74 Å². The van der Waals surface area contributed by atoms with E-state index in [2.05, 4.69) is 16.0 Å². The Labute approximate surface area is 289 Å². The third-order valence-electron chi connectivity index (χ3n) is 17.1. The molecule has 7 saturated carbocycles. The first-order valence-corrected chi connectivity index (χ1v) is 22.2. The van der Waals surface area contributed by atoms with Crippen LogP contribution in [0.25, 0.3) is 0 Å². The molecule has 0 amide bonds. The van der Waals surface area contributed by atoms with Crippen molar-refractivity contribution in [1.82, 2.24) is 16.0 Å². The van der Waals surface area contributed by atoms with Crippen molar-refractivity contribution < 1.29 is 4.74 Å². The van der Waals surface area contributed by atoms with Crippen LogP contribution in [0.4, 0.5) is 0 Å². The molecule has 7 aliphatic carbocycles. The first kappa shape index (κ1) is 32.7. The van der Waals surface area contributed by atoms with Crippen LogP contribution in [0.15, 0.2) is 0 Å². The average molecular weight is 648 g/mol. The van der Waals surface area contributed by atoms with Gasteiger partial charge in [-0.25, -0.2) is 0 Å². The Balaban J connectivity index is 0.915. The molecule has 9 fully saturated rings. The number of ether oxygens (including phenoxy) is 1. The van der Waals surface area contributed by atoms with Gasteiger partial charge in [0, 0.05) is 5.92 Å². The monoisotopic (exact) mass is 648 g/mol. The Morgan fingerprint density at radius 3 is 1.43 bits per heavy atom. The van der Waals surface area contributed by atoms with Crippen LogP contribution in [0, 0.1) is 65.1 Å². The molecule has 0 radical (unpaired) electrons. The molecule has 2 aliphatic heterocycles. The second kappa shape index (κ2) is 14.8. The third kappa shape index (κ3) is 6.68. The van der Waals surface area contributed by atoms with E-state index < -0.39 is 0 Å². The van der Waals surface area contributed by atoms with Gasteiger partial charge in [-0.3, -0.25) is 16.0 Å². The van der Waals surface area contributed by atoms with E-state index in [4.69, 9.17) is 4.74 Å². The minimum Gasteiger partial charge on any atom is -0.374 e. The fourth-order valence-corrected chi connectivity index (χ4v) is 14.9. The summed E-state index contributed by atoms with van der Waals surface area (Å²) in [4.78, 5) is 0. The first-order chi connectivity index (χ1) is 23.3. The van der Waals surface area contributed by atoms with Gasteiger partial charge in [0.25, 0.3) is 0 Å². The maximum atomic E-state index is 7.58. The summed E-state index contributed by atoms with van der Waals surface area (Å²) in [6.45, 7) is 0. The van der Waals surface area contributed by atoms with Crippen LogP contribution in [0.1, 0.15) is 173 Å². The standard InChI is InChI=1S/C43H73N3O/c1-4-13-28(14-5-1)29-23-25-30(26-24-29)37-27-38-39(34-20-11-10-19-33(34)37)35-21-12-22-36(40(35)47-38)43-45-41(31-15-6-2-7-16-31)44-42(46-43)32-17-8-3-9-18-32/h28-46H,1-27H2. The average Bonchev–Trinajstić information content (AvgIpc) is 3.54. The summed E-state index contributed by atoms with van der Waals surface area (Å²) < 4.78 is 7.58. The van der Waals surface area contributed by atoms with Crippen molar-refractivity contribution in [1.29, 1.82) is 0 Å². The molecule has 266 valence electrons. The summed E-state index contributed by atoms with van der Waals surface area (Å²) in [5.74, 6) is 10.1. The lowest BCUT2D eigenvalue weighted by molar-refractivity contribution is -0.0835. The predicted molar refractivity (Wildman–Crippen MR) is 192 cm³/mol. The van der Waals surface area contributed by atoms with E-state index >= 15 is 0 Å². The van der Waals surface area contributed by atoms with E-state index in [1.54, 1.807) is 44.9 Å². The van der Waals surface area contributed by atoms with Crippen LogP contribution in [-0.4, -0.2) is 30.7 Å². The fourth-order valence-electron chi connectivity index (χ4n) is 14.9. The van der Waals surface area contributed by atoms with Gasteiger partial charge in [0.05, 0.1) is 30.7 Å². The van der Waals surface area contributed by atoms with Crippen molar-refractivity contribution in [3.63, 3.8) is 0 Å². The minimum absolute atomic E-state index is 0.427. The highest BCUT2D eigenvalue weighted by Crippen LogP contribution is 2.60. The molecule has 9 rings (SSSR count). The highest BCUT2D eigenvalue weighted by molar-refractivity contribution is 5.08. The zero-order valence-electron chi connectivity index (χ0n) is 30.2. The summed E-state index contributed by atoms with van der Waals surface area (Å²) in [5, 5.41) is 12.8. The lowest BCUT2D eigenvalue weighted by atomic mass is 9.53. The lowest BCUT2D eigenvalue weighted by Gasteiger charge is -2.52. The van der Waals surface area contributed by atoms with Crippen molar-refractivity contribution >= 4 is 0 Å². The molecular formula is C43H73N3O. The lowest BCUT2D eigenvalue weighted by Crippen LogP contribution is -2.73. The van der Waals surface area contributed by atoms with Gasteiger partial charge >= 0.3 is 0 Å². The van der Waals surface area contributed by atoms with E-state index in [9.17, 15) is 0 Å². The van der Waals surface area contributed by atoms with Gasteiger partial charge in [-0.1, -0.05) is 89.9 Å². The van der Waals surface area contributed by atoms with Crippen molar-refractivity contribution in [2.45, 2.75) is 204 Å². The number of hydrogen-bond donors (Lipinski definition) is 3. The molecule has 10 atom stereocenters. The first-order valence-electron chi connectivity index (χ1n) is 22.2. The zero-order valence-corrected chi connectivity index (χ0v) is 30.2. The Hall–Kier alpha value is -0.160. The van der Waals surface area contributed by atoms with Gasteiger partial charge in [0.15, 0.2) is 0 Å². The largest absolute Gasteiger partial charge is 0.374 e. The molecule has 0 aromatic rings. The van der Waals surface area contributed by atoms with Gasteiger partial charge in [-0.15, -0.1) is 0 Å². The molecule has 4 heteroatoms. The quantitative estimate of drug-likeness (QED) is 0.278. The molecule has 4 nitrogen and oxygen atoms in total. The molecule has 0 bridgehead atoms. The highest BCUT2D eigenvalue weighted by Gasteiger charge is 2.59. The van der Waals surface area contributed by atoms with E-state index in [0.29, 0.717) is 36.6 Å². The summed E-state index contributed by atoms with van der Waals surface area (Å²) in [5.41, 5.74) is 0. The topological polar surface area (TPSA) is 45.3 Å². The second-order valence-electron chi connectivity index (χ2n) is 19.3. The van der Waals surface area contributed by atoms with E-state index in [0.717, 1.165) is 59.2 Å². The van der Waals surface area contributed by atoms with Crippen LogP contribution in [0.5, 0.6) is 0 Å². The van der Waals surface area contributed by atoms with Crippen molar-refractivity contribution in [2.75, 3.05) is 0 Å². The van der Waals surface area contributed by atoms with Gasteiger partial charge in [0.1, 0.15) is 0 Å². The summed E-state index contributed by atoms with van der Waals surface area (Å²) >= 11 is 0. The van der Waals surface area contributed by atoms with Crippen LogP contribution in [0.3, 0.4) is 0 Å². The summed E-state index contributed by atoms with van der Waals surface area (Å²) in [6, 6.07) is 0. The third-order valence-corrected chi connectivity index (χ3v) is 17.1. The van der Waals surface area contributed by atoms with Gasteiger partial charge in [-0.2, -0.15) is 0 Å². The van der Waals surface area contributed by atoms with Crippen molar-refractivity contribution in [3.8, 4) is 0 Å². The van der Waals surface area contributed by atoms with E-state index in [-0.39, 0.29) is 0 Å². The SMILES string of the molecule is C1CCC(C2CCC(C3CC4OC5C(C6NC(C7CCCCC7)NC(C7CCCCC7)N6)CCCC5C4C4CCCCC34)CC2)CC1. The van der Waals surface area contributed by atoms with Crippen molar-refractivity contribution in [3.05, 3.63) is 0 Å². The zero-order chi connectivity index (χ0) is 31.2. The number of hydrogen-bond acceptors (Lipinski definition) is 4. The molecule has 10 unspecified atom stereocenters. The van der Waals surface area contributed by atoms with Gasteiger partial charge in [-0.05, 0) is 143 Å². The molecule has 47 heavy (non-hydrogen) atoms. The minimum atomic E-state index is 0.427. The predicted octanol–water partition coefficient (Wildman–Crippen LogP) is 9.92. The fraction of sp³-hybridized carbons (Fsp3) is 1.00. The summed E-state index contributed by atoms with van der Waals surface area (Å²) in [7, 11) is 0. The summed E-state index contributed by atoms with van der Waals surface area (Å²) in [6.07, 6.45) is 42.4. The van der Waals surface area contributed by atoms with Crippen LogP contribution in [-0.2, 0) is 4.74 Å². The number of fused-ring (bicyclic) bond motifs is 5. The highest BCUT2D eigenvalue weighted by atomic mass is 16.5. The van der Waals surface area contributed by atoms with Gasteiger partial charge in [0.2, 0.25) is 0 Å². The Kier molecular flexibility index (Phi) is 10.3. The van der Waals surface area contributed by atoms with Crippen LogP contribution >= 0.6 is 0 Å². The Bertz CT molecular complexity index is 967. The van der Waals surface area contributed by atoms with Crippen molar-refractivity contribution in [2.24, 2.45) is 65.1 Å². The maximum Gasteiger partial charge on any atom is 0.0666 e. The maximum absolute atomic E-state index is 7.58. The van der Waals surface area contributed by atoms with E-state index in [1.807, 2.05) is 0 Å². The molecule has 2 heterocycles. The number of nitrogens with one attached hydrogen (secondary N) is 3. The Morgan fingerprint density at radius 1 is 0.319 bits per heavy atom. The molecule has 3 N–H and O–H groups in total. The van der Waals surface area contributed by atoms with E-state index in [1.165, 1.54) is 128 Å². The van der Waals surface area contributed by atoms with Crippen LogP contribution in [0.2, 0.25) is 0 Å². The Morgan fingerprint density at radius 2 is 0.787 bits per heavy atom. The molecule has 0 aromatic heterocycles. The van der Waals surface area contributed by atoms with Crippen LogP contribution < -0.4 is 16.0 Å². The normalized spacial score (nSPS) is 49.1. The molecule has 2 saturated heterocycles. The molecule has 0 aromatic carbocycles. The molecule has 9 aliphatic rings.